The molecule has 3 heterocycles. The Morgan fingerprint density at radius 3 is 3.00 bits per heavy atom. The largest absolute Gasteiger partial charge is 0.293 e. The molecule has 0 spiro atoms. The lowest BCUT2D eigenvalue weighted by Gasteiger charge is -2.24. The number of nitrogens with zero attached hydrogens (tertiary/aromatic N) is 5. The van der Waals surface area contributed by atoms with E-state index in [9.17, 15) is 0 Å². The molecule has 0 radical (unpaired) electrons. The van der Waals surface area contributed by atoms with Crippen LogP contribution in [0.1, 0.15) is 24.1 Å². The predicted molar refractivity (Wildman–Crippen MR) is 94.9 cm³/mol. The Bertz CT molecular complexity index is 846. The number of hydrogen-bond acceptors (Lipinski definition) is 4. The second-order valence-electron chi connectivity index (χ2n) is 6.40. The molecule has 1 aliphatic heterocycles. The maximum absolute atomic E-state index is 6.62. The van der Waals surface area contributed by atoms with Gasteiger partial charge in [-0.15, -0.1) is 0 Å². The lowest BCUT2D eigenvalue weighted by atomic mass is 10.1. The molecule has 1 fully saturated rings. The minimum absolute atomic E-state index is 0.455. The summed E-state index contributed by atoms with van der Waals surface area (Å²) in [5, 5.41) is 6.15. The first-order valence-electron chi connectivity index (χ1n) is 8.32. The summed E-state index contributed by atoms with van der Waals surface area (Å²) in [7, 11) is 0. The molecule has 1 aromatic carbocycles. The van der Waals surface area contributed by atoms with Crippen LogP contribution in [0.5, 0.6) is 0 Å². The fourth-order valence-corrected chi connectivity index (χ4v) is 3.77. The van der Waals surface area contributed by atoms with Gasteiger partial charge in [0.2, 0.25) is 0 Å². The van der Waals surface area contributed by atoms with Crippen LogP contribution in [0, 0.1) is 6.92 Å². The number of likely N-dealkylation sites (tertiary alicyclic amines) is 1. The van der Waals surface area contributed by atoms with Crippen LogP contribution in [0.3, 0.4) is 0 Å². The lowest BCUT2D eigenvalue weighted by molar-refractivity contribution is 0.217. The highest BCUT2D eigenvalue weighted by Crippen LogP contribution is 2.29. The van der Waals surface area contributed by atoms with Gasteiger partial charge < -0.3 is 0 Å². The van der Waals surface area contributed by atoms with Gasteiger partial charge in [-0.05, 0) is 37.9 Å². The molecule has 124 valence electrons. The Morgan fingerprint density at radius 1 is 1.29 bits per heavy atom. The van der Waals surface area contributed by atoms with E-state index in [4.69, 9.17) is 16.6 Å². The van der Waals surface area contributed by atoms with Crippen LogP contribution in [-0.2, 0) is 13.1 Å². The van der Waals surface area contributed by atoms with E-state index in [1.54, 1.807) is 12.7 Å². The van der Waals surface area contributed by atoms with E-state index >= 15 is 0 Å². The zero-order valence-electron chi connectivity index (χ0n) is 13.7. The van der Waals surface area contributed by atoms with E-state index in [0.29, 0.717) is 6.04 Å². The molecular formula is C18H20ClN5. The lowest BCUT2D eigenvalue weighted by Crippen LogP contribution is -2.33. The summed E-state index contributed by atoms with van der Waals surface area (Å²) in [6, 6.07) is 8.64. The second-order valence-corrected chi connectivity index (χ2v) is 6.78. The van der Waals surface area contributed by atoms with Gasteiger partial charge in [-0.2, -0.15) is 5.10 Å². The Hall–Kier alpha value is -1.98. The first-order valence-corrected chi connectivity index (χ1v) is 8.70. The molecular weight excluding hydrogens is 322 g/mol. The zero-order valence-corrected chi connectivity index (χ0v) is 14.4. The van der Waals surface area contributed by atoms with Crippen molar-refractivity contribution in [2.45, 2.75) is 38.9 Å². The van der Waals surface area contributed by atoms with Crippen molar-refractivity contribution in [2.24, 2.45) is 0 Å². The first kappa shape index (κ1) is 15.5. The summed E-state index contributed by atoms with van der Waals surface area (Å²) in [5.41, 5.74) is 3.10. The molecule has 0 N–H and O–H groups in total. The van der Waals surface area contributed by atoms with Gasteiger partial charge in [0.25, 0.3) is 0 Å². The van der Waals surface area contributed by atoms with Gasteiger partial charge >= 0.3 is 0 Å². The average molecular weight is 342 g/mol. The fraction of sp³-hybridized carbons (Fsp3) is 0.389. The molecule has 0 saturated carbocycles. The summed E-state index contributed by atoms with van der Waals surface area (Å²) < 4.78 is 1.91. The van der Waals surface area contributed by atoms with Gasteiger partial charge in [0.15, 0.2) is 0 Å². The summed E-state index contributed by atoms with van der Waals surface area (Å²) >= 11 is 6.62. The van der Waals surface area contributed by atoms with Crippen molar-refractivity contribution >= 4 is 22.5 Å². The third kappa shape index (κ3) is 2.89. The zero-order chi connectivity index (χ0) is 16.5. The van der Waals surface area contributed by atoms with Crippen LogP contribution >= 0.6 is 11.6 Å². The van der Waals surface area contributed by atoms with E-state index in [0.717, 1.165) is 46.8 Å². The molecule has 3 aromatic rings. The number of rotatable bonds is 4. The molecule has 1 atom stereocenters. The summed E-state index contributed by atoms with van der Waals surface area (Å²) in [4.78, 5) is 11.3. The number of fused-ring (bicyclic) bond motifs is 1. The second kappa shape index (κ2) is 6.49. The normalized spacial score (nSPS) is 18.5. The highest BCUT2D eigenvalue weighted by atomic mass is 35.5. The molecule has 0 aliphatic carbocycles. The molecule has 1 unspecified atom stereocenters. The van der Waals surface area contributed by atoms with Crippen LogP contribution in [0.15, 0.2) is 36.9 Å². The van der Waals surface area contributed by atoms with Gasteiger partial charge in [-0.25, -0.2) is 9.97 Å². The van der Waals surface area contributed by atoms with E-state index in [-0.39, 0.29) is 0 Å². The Morgan fingerprint density at radius 2 is 2.17 bits per heavy atom. The third-order valence-corrected chi connectivity index (χ3v) is 5.36. The van der Waals surface area contributed by atoms with Crippen LogP contribution in [0.2, 0.25) is 5.02 Å². The third-order valence-electron chi connectivity index (χ3n) is 4.86. The van der Waals surface area contributed by atoms with Crippen molar-refractivity contribution in [2.75, 3.05) is 6.54 Å². The SMILES string of the molecule is Cc1c(Cl)c(CN2CCCC2Cn2cncn2)nc2ccccc12. The predicted octanol–water partition coefficient (Wildman–Crippen LogP) is 3.45. The van der Waals surface area contributed by atoms with Crippen molar-refractivity contribution in [3.8, 4) is 0 Å². The maximum atomic E-state index is 6.62. The number of aryl methyl sites for hydroxylation is 1. The molecule has 24 heavy (non-hydrogen) atoms. The minimum Gasteiger partial charge on any atom is -0.293 e. The topological polar surface area (TPSA) is 46.8 Å². The van der Waals surface area contributed by atoms with Crippen molar-refractivity contribution in [1.82, 2.24) is 24.6 Å². The van der Waals surface area contributed by atoms with Gasteiger partial charge in [0.1, 0.15) is 12.7 Å². The number of para-hydroxylation sites is 1. The first-order chi connectivity index (χ1) is 11.7. The highest BCUT2D eigenvalue weighted by Gasteiger charge is 2.26. The molecule has 1 saturated heterocycles. The van der Waals surface area contributed by atoms with Crippen molar-refractivity contribution in [3.05, 3.63) is 53.2 Å². The van der Waals surface area contributed by atoms with Gasteiger partial charge in [-0.3, -0.25) is 9.58 Å². The van der Waals surface area contributed by atoms with E-state index in [1.807, 2.05) is 16.8 Å². The molecule has 0 bridgehead atoms. The number of hydrogen-bond donors (Lipinski definition) is 0. The van der Waals surface area contributed by atoms with Crippen LogP contribution < -0.4 is 0 Å². The molecule has 1 aliphatic rings. The Balaban J connectivity index is 1.60. The molecule has 6 heteroatoms. The Labute approximate surface area is 146 Å². The number of benzene rings is 1. The van der Waals surface area contributed by atoms with Gasteiger partial charge in [-0.1, -0.05) is 29.8 Å². The standard InChI is InChI=1S/C18H20ClN5/c1-13-15-6-2-3-7-16(15)22-17(18(13)19)10-23-8-4-5-14(23)9-24-12-20-11-21-24/h2-3,6-7,11-12,14H,4-5,8-10H2,1H3. The smallest absolute Gasteiger partial charge is 0.137 e. The monoisotopic (exact) mass is 341 g/mol. The average Bonchev–Trinajstić information content (AvgIpc) is 3.25. The summed E-state index contributed by atoms with van der Waals surface area (Å²) in [6.07, 6.45) is 5.74. The van der Waals surface area contributed by atoms with E-state index in [2.05, 4.69) is 34.0 Å². The van der Waals surface area contributed by atoms with E-state index in [1.165, 1.54) is 12.8 Å². The summed E-state index contributed by atoms with van der Waals surface area (Å²) in [6.45, 7) is 4.80. The molecule has 5 nitrogen and oxygen atoms in total. The number of aromatic nitrogens is 4. The molecule has 2 aromatic heterocycles. The molecule has 0 amide bonds. The summed E-state index contributed by atoms with van der Waals surface area (Å²) in [5.74, 6) is 0. The van der Waals surface area contributed by atoms with Crippen LogP contribution in [0.4, 0.5) is 0 Å². The Kier molecular flexibility index (Phi) is 4.21. The van der Waals surface area contributed by atoms with Crippen molar-refractivity contribution in [3.63, 3.8) is 0 Å². The highest BCUT2D eigenvalue weighted by molar-refractivity contribution is 6.32. The maximum Gasteiger partial charge on any atom is 0.137 e. The van der Waals surface area contributed by atoms with Gasteiger partial charge in [0, 0.05) is 18.0 Å². The quantitative estimate of drug-likeness (QED) is 0.729. The minimum atomic E-state index is 0.455. The van der Waals surface area contributed by atoms with Crippen molar-refractivity contribution in [1.29, 1.82) is 0 Å². The van der Waals surface area contributed by atoms with Crippen LogP contribution in [0.25, 0.3) is 10.9 Å². The van der Waals surface area contributed by atoms with Crippen LogP contribution in [-0.4, -0.2) is 37.2 Å². The van der Waals surface area contributed by atoms with E-state index < -0.39 is 0 Å². The number of halogens is 1. The van der Waals surface area contributed by atoms with Crippen molar-refractivity contribution < 1.29 is 0 Å². The fourth-order valence-electron chi connectivity index (χ4n) is 3.57. The number of pyridine rings is 1. The van der Waals surface area contributed by atoms with Gasteiger partial charge in [0.05, 0.1) is 22.8 Å². The molecule has 4 rings (SSSR count).